The summed E-state index contributed by atoms with van der Waals surface area (Å²) in [6.07, 6.45) is 3.47. The smallest absolute Gasteiger partial charge is 0.251 e. The van der Waals surface area contributed by atoms with Crippen molar-refractivity contribution < 1.29 is 4.79 Å². The Morgan fingerprint density at radius 3 is 2.36 bits per heavy atom. The molecule has 0 radical (unpaired) electrons. The molecule has 0 spiro atoms. The summed E-state index contributed by atoms with van der Waals surface area (Å²) in [6, 6.07) is 11.1. The molecule has 1 aliphatic rings. The van der Waals surface area contributed by atoms with Crippen molar-refractivity contribution in [1.82, 2.24) is 9.88 Å². The number of hydrogen-bond acceptors (Lipinski definition) is 2. The molecular weight excluding hydrogens is 412 g/mol. The number of benzene rings is 1. The van der Waals surface area contributed by atoms with Crippen molar-refractivity contribution in [3.8, 4) is 0 Å². The van der Waals surface area contributed by atoms with Crippen LogP contribution in [0.3, 0.4) is 0 Å². The molecule has 0 unspecified atom stereocenters. The second-order valence-electron chi connectivity index (χ2n) is 5.45. The first-order chi connectivity index (χ1) is 10.5. The summed E-state index contributed by atoms with van der Waals surface area (Å²) in [4.78, 5) is 24.0. The van der Waals surface area contributed by atoms with Crippen molar-refractivity contribution in [3.63, 3.8) is 0 Å². The highest BCUT2D eigenvalue weighted by molar-refractivity contribution is 9.10. The molecule has 114 valence electrons. The van der Waals surface area contributed by atoms with Gasteiger partial charge in [-0.25, -0.2) is 0 Å². The fourth-order valence-corrected chi connectivity index (χ4v) is 3.11. The van der Waals surface area contributed by atoms with Crippen LogP contribution in [0.1, 0.15) is 18.4 Å². The van der Waals surface area contributed by atoms with Gasteiger partial charge in [0.25, 0.3) is 5.56 Å². The molecule has 1 fully saturated rings. The number of nitrogens with zero attached hydrogens (tertiary/aromatic N) is 1. The first-order valence-electron chi connectivity index (χ1n) is 6.92. The van der Waals surface area contributed by atoms with E-state index in [4.69, 9.17) is 0 Å². The Morgan fingerprint density at radius 1 is 1.09 bits per heavy atom. The predicted octanol–water partition coefficient (Wildman–Crippen LogP) is 3.18. The van der Waals surface area contributed by atoms with Crippen molar-refractivity contribution in [2.45, 2.75) is 24.9 Å². The molecule has 0 atom stereocenters. The van der Waals surface area contributed by atoms with Gasteiger partial charge in [-0.15, -0.1) is 0 Å². The Balaban J connectivity index is 1.73. The summed E-state index contributed by atoms with van der Waals surface area (Å²) in [6.45, 7) is 0.0244. The van der Waals surface area contributed by atoms with Gasteiger partial charge in [-0.1, -0.05) is 28.1 Å². The lowest BCUT2D eigenvalue weighted by molar-refractivity contribution is -0.122. The number of halogens is 2. The first kappa shape index (κ1) is 15.5. The van der Waals surface area contributed by atoms with E-state index < -0.39 is 0 Å². The van der Waals surface area contributed by atoms with E-state index in [1.807, 2.05) is 24.3 Å². The maximum atomic E-state index is 12.3. The van der Waals surface area contributed by atoms with E-state index in [1.165, 1.54) is 10.6 Å². The summed E-state index contributed by atoms with van der Waals surface area (Å²) in [7, 11) is 0. The summed E-state index contributed by atoms with van der Waals surface area (Å²) in [5.74, 6) is -0.152. The normalized spacial score (nSPS) is 15.4. The highest BCUT2D eigenvalue weighted by Crippen LogP contribution is 2.45. The summed E-state index contributed by atoms with van der Waals surface area (Å²) in [5.41, 5.74) is 0.644. The van der Waals surface area contributed by atoms with Gasteiger partial charge >= 0.3 is 0 Å². The summed E-state index contributed by atoms with van der Waals surface area (Å²) in [5, 5.41) is 3.07. The quantitative estimate of drug-likeness (QED) is 0.817. The van der Waals surface area contributed by atoms with Crippen LogP contribution in [0.5, 0.6) is 0 Å². The zero-order valence-electron chi connectivity index (χ0n) is 11.7. The second-order valence-corrected chi connectivity index (χ2v) is 7.28. The van der Waals surface area contributed by atoms with Crippen LogP contribution in [0.4, 0.5) is 0 Å². The van der Waals surface area contributed by atoms with Crippen molar-refractivity contribution in [2.75, 3.05) is 0 Å². The molecule has 2 aromatic rings. The van der Waals surface area contributed by atoms with Crippen LogP contribution in [-0.4, -0.2) is 10.5 Å². The van der Waals surface area contributed by atoms with Crippen LogP contribution in [0.25, 0.3) is 0 Å². The molecule has 3 rings (SSSR count). The average Bonchev–Trinajstić information content (AvgIpc) is 3.24. The van der Waals surface area contributed by atoms with Gasteiger partial charge in [0.1, 0.15) is 6.54 Å². The van der Waals surface area contributed by atoms with Gasteiger partial charge in [-0.3, -0.25) is 9.59 Å². The molecule has 1 amide bonds. The molecule has 1 aromatic heterocycles. The van der Waals surface area contributed by atoms with E-state index in [2.05, 4.69) is 37.2 Å². The molecule has 6 heteroatoms. The standard InChI is InChI=1S/C16H14Br2N2O2/c17-12-3-1-11(2-4-12)16(7-8-16)19-14(21)10-20-9-13(18)5-6-15(20)22/h1-6,9H,7-8,10H2,(H,19,21). The lowest BCUT2D eigenvalue weighted by atomic mass is 10.1. The monoisotopic (exact) mass is 424 g/mol. The minimum absolute atomic E-state index is 0.0244. The lowest BCUT2D eigenvalue weighted by Gasteiger charge is -2.18. The van der Waals surface area contributed by atoms with Crippen molar-refractivity contribution in [3.05, 3.63) is 67.5 Å². The van der Waals surface area contributed by atoms with Gasteiger partial charge in [-0.05, 0) is 52.5 Å². The molecule has 1 aromatic carbocycles. The van der Waals surface area contributed by atoms with E-state index in [0.717, 1.165) is 27.4 Å². The number of aromatic nitrogens is 1. The zero-order chi connectivity index (χ0) is 15.7. The van der Waals surface area contributed by atoms with E-state index in [1.54, 1.807) is 12.3 Å². The fourth-order valence-electron chi connectivity index (χ4n) is 2.47. The van der Waals surface area contributed by atoms with Crippen LogP contribution in [0.2, 0.25) is 0 Å². The molecular formula is C16H14Br2N2O2. The first-order valence-corrected chi connectivity index (χ1v) is 8.50. The molecule has 22 heavy (non-hydrogen) atoms. The zero-order valence-corrected chi connectivity index (χ0v) is 14.9. The minimum atomic E-state index is -0.270. The van der Waals surface area contributed by atoms with Crippen LogP contribution in [0, 0.1) is 0 Å². The third kappa shape index (κ3) is 3.33. The van der Waals surface area contributed by atoms with Crippen LogP contribution >= 0.6 is 31.9 Å². The third-order valence-electron chi connectivity index (χ3n) is 3.79. The molecule has 0 aliphatic heterocycles. The summed E-state index contributed by atoms with van der Waals surface area (Å²) < 4.78 is 3.19. The molecule has 1 heterocycles. The number of hydrogen-bond donors (Lipinski definition) is 1. The average molecular weight is 426 g/mol. The van der Waals surface area contributed by atoms with Crippen LogP contribution in [-0.2, 0) is 16.9 Å². The maximum absolute atomic E-state index is 12.3. The lowest BCUT2D eigenvalue weighted by Crippen LogP contribution is -2.38. The fraction of sp³-hybridized carbons (Fsp3) is 0.250. The Hall–Kier alpha value is -1.40. The molecule has 4 nitrogen and oxygen atoms in total. The number of amides is 1. The number of carbonyl (C=O) groups excluding carboxylic acids is 1. The molecule has 0 saturated heterocycles. The summed E-state index contributed by atoms with van der Waals surface area (Å²) >= 11 is 6.72. The van der Waals surface area contributed by atoms with Gasteiger partial charge in [-0.2, -0.15) is 0 Å². The number of nitrogens with one attached hydrogen (secondary N) is 1. The molecule has 1 saturated carbocycles. The van der Waals surface area contributed by atoms with Gasteiger partial charge in [0, 0.05) is 21.2 Å². The van der Waals surface area contributed by atoms with Gasteiger partial charge in [0.2, 0.25) is 5.91 Å². The van der Waals surface area contributed by atoms with Gasteiger partial charge in [0.15, 0.2) is 0 Å². The van der Waals surface area contributed by atoms with E-state index in [9.17, 15) is 9.59 Å². The van der Waals surface area contributed by atoms with E-state index in [0.29, 0.717) is 0 Å². The largest absolute Gasteiger partial charge is 0.345 e. The maximum Gasteiger partial charge on any atom is 0.251 e. The SMILES string of the molecule is O=C(Cn1cc(Br)ccc1=O)NC1(c2ccc(Br)cc2)CC1. The topological polar surface area (TPSA) is 51.1 Å². The Labute approximate surface area is 144 Å². The molecule has 1 aliphatic carbocycles. The minimum Gasteiger partial charge on any atom is -0.345 e. The molecule has 1 N–H and O–H groups in total. The van der Waals surface area contributed by atoms with Crippen LogP contribution in [0.15, 0.2) is 56.3 Å². The van der Waals surface area contributed by atoms with Crippen molar-refractivity contribution in [1.29, 1.82) is 0 Å². The Morgan fingerprint density at radius 2 is 1.73 bits per heavy atom. The van der Waals surface area contributed by atoms with Crippen LogP contribution < -0.4 is 10.9 Å². The second kappa shape index (κ2) is 6.01. The van der Waals surface area contributed by atoms with E-state index >= 15 is 0 Å². The third-order valence-corrected chi connectivity index (χ3v) is 4.78. The highest BCUT2D eigenvalue weighted by Gasteiger charge is 2.45. The van der Waals surface area contributed by atoms with E-state index in [-0.39, 0.29) is 23.6 Å². The number of pyridine rings is 1. The van der Waals surface area contributed by atoms with Crippen molar-refractivity contribution in [2.24, 2.45) is 0 Å². The van der Waals surface area contributed by atoms with Gasteiger partial charge in [0.05, 0.1) is 5.54 Å². The number of rotatable bonds is 4. The number of carbonyl (C=O) groups is 1. The molecule has 0 bridgehead atoms. The van der Waals surface area contributed by atoms with Gasteiger partial charge < -0.3 is 9.88 Å². The highest BCUT2D eigenvalue weighted by atomic mass is 79.9. The Kier molecular flexibility index (Phi) is 4.23. The van der Waals surface area contributed by atoms with Crippen molar-refractivity contribution >= 4 is 37.8 Å². The Bertz CT molecular complexity index is 764. The predicted molar refractivity (Wildman–Crippen MR) is 91.6 cm³/mol.